The maximum Gasteiger partial charge on any atom is 0.338 e. The Morgan fingerprint density at radius 3 is 2.52 bits per heavy atom. The first kappa shape index (κ1) is 14.5. The molecule has 2 N–H and O–H groups in total. The first-order valence-corrected chi connectivity index (χ1v) is 6.33. The summed E-state index contributed by atoms with van der Waals surface area (Å²) in [4.78, 5) is 26.9. The van der Waals surface area contributed by atoms with Gasteiger partial charge in [-0.15, -0.1) is 0 Å². The number of pyridine rings is 1. The Labute approximate surface area is 121 Å². The Morgan fingerprint density at radius 2 is 1.90 bits per heavy atom. The molecule has 1 amide bonds. The quantitative estimate of drug-likeness (QED) is 0.881. The van der Waals surface area contributed by atoms with Gasteiger partial charge in [-0.1, -0.05) is 0 Å². The first-order chi connectivity index (χ1) is 10.1. The first-order valence-electron chi connectivity index (χ1n) is 6.33. The van der Waals surface area contributed by atoms with Crippen molar-refractivity contribution in [3.63, 3.8) is 0 Å². The Morgan fingerprint density at radius 1 is 1.19 bits per heavy atom. The molecule has 2 aromatic rings. The summed E-state index contributed by atoms with van der Waals surface area (Å²) in [5.74, 6) is -0.996. The number of aromatic carboxylic acids is 1. The summed E-state index contributed by atoms with van der Waals surface area (Å²) in [5, 5.41) is 11.7. The fourth-order valence-electron chi connectivity index (χ4n) is 1.76. The lowest BCUT2D eigenvalue weighted by Gasteiger charge is -2.08. The van der Waals surface area contributed by atoms with Crippen LogP contribution in [0.1, 0.15) is 27.6 Å². The van der Waals surface area contributed by atoms with Gasteiger partial charge in [-0.2, -0.15) is 0 Å². The summed E-state index contributed by atoms with van der Waals surface area (Å²) in [7, 11) is 0. The van der Waals surface area contributed by atoms with Gasteiger partial charge in [0.1, 0.15) is 5.75 Å². The molecule has 0 bridgehead atoms. The van der Waals surface area contributed by atoms with Gasteiger partial charge in [0, 0.05) is 18.1 Å². The van der Waals surface area contributed by atoms with E-state index in [1.165, 1.54) is 12.3 Å². The van der Waals surface area contributed by atoms with Crippen molar-refractivity contribution in [3.8, 4) is 5.75 Å². The summed E-state index contributed by atoms with van der Waals surface area (Å²) in [5.41, 5.74) is 0.476. The number of carbonyl (C=O) groups is 2. The van der Waals surface area contributed by atoms with Gasteiger partial charge in [0.25, 0.3) is 5.91 Å². The molecular weight excluding hydrogens is 272 g/mol. The van der Waals surface area contributed by atoms with Crippen molar-refractivity contribution in [1.29, 1.82) is 0 Å². The molecule has 0 atom stereocenters. The van der Waals surface area contributed by atoms with E-state index < -0.39 is 11.9 Å². The van der Waals surface area contributed by atoms with Crippen LogP contribution in [0.5, 0.6) is 5.75 Å². The highest BCUT2D eigenvalue weighted by atomic mass is 16.5. The van der Waals surface area contributed by atoms with Gasteiger partial charge >= 0.3 is 5.97 Å². The summed E-state index contributed by atoms with van der Waals surface area (Å²) >= 11 is 0. The molecule has 0 spiro atoms. The van der Waals surface area contributed by atoms with Crippen LogP contribution in [0.25, 0.3) is 0 Å². The predicted molar refractivity (Wildman–Crippen MR) is 76.8 cm³/mol. The van der Waals surface area contributed by atoms with Crippen LogP contribution in [0, 0.1) is 0 Å². The van der Waals surface area contributed by atoms with Crippen molar-refractivity contribution in [2.75, 3.05) is 11.9 Å². The van der Waals surface area contributed by atoms with E-state index >= 15 is 0 Å². The maximum atomic E-state index is 12.1. The Kier molecular flexibility index (Phi) is 4.50. The van der Waals surface area contributed by atoms with Crippen LogP contribution in [-0.4, -0.2) is 28.6 Å². The number of anilines is 1. The molecule has 2 rings (SSSR count). The highest BCUT2D eigenvalue weighted by Crippen LogP contribution is 2.17. The van der Waals surface area contributed by atoms with E-state index in [0.29, 0.717) is 18.0 Å². The van der Waals surface area contributed by atoms with Gasteiger partial charge in [0.15, 0.2) is 0 Å². The van der Waals surface area contributed by atoms with Gasteiger partial charge in [-0.05, 0) is 37.3 Å². The molecule has 0 unspecified atom stereocenters. The number of benzene rings is 1. The Balaban J connectivity index is 2.16. The van der Waals surface area contributed by atoms with Crippen molar-refractivity contribution in [1.82, 2.24) is 4.98 Å². The van der Waals surface area contributed by atoms with Gasteiger partial charge in [-0.25, -0.2) is 4.79 Å². The third-order valence-electron chi connectivity index (χ3n) is 2.72. The standard InChI is InChI=1S/C15H14N2O4/c1-2-21-11-5-3-10(4-6-11)17-14(18)12-7-8-16-9-13(12)15(19)20/h3-9H,2H2,1H3,(H,17,18)(H,19,20). The molecular formula is C15H14N2O4. The molecule has 108 valence electrons. The monoisotopic (exact) mass is 286 g/mol. The third kappa shape index (κ3) is 3.56. The van der Waals surface area contributed by atoms with E-state index in [2.05, 4.69) is 10.3 Å². The molecule has 1 aromatic carbocycles. The number of hydrogen-bond acceptors (Lipinski definition) is 4. The predicted octanol–water partition coefficient (Wildman–Crippen LogP) is 2.43. The number of aromatic nitrogens is 1. The van der Waals surface area contributed by atoms with Gasteiger partial charge < -0.3 is 15.2 Å². The van der Waals surface area contributed by atoms with Crippen LogP contribution in [0.15, 0.2) is 42.7 Å². The number of ether oxygens (including phenoxy) is 1. The number of carboxylic acids is 1. The van der Waals surface area contributed by atoms with Crippen LogP contribution in [0.2, 0.25) is 0 Å². The van der Waals surface area contributed by atoms with Crippen LogP contribution in [0.3, 0.4) is 0 Å². The van der Waals surface area contributed by atoms with Crippen LogP contribution >= 0.6 is 0 Å². The molecule has 0 aliphatic rings. The zero-order chi connectivity index (χ0) is 15.2. The lowest BCUT2D eigenvalue weighted by molar-refractivity contribution is 0.0692. The summed E-state index contributed by atoms with van der Waals surface area (Å²) in [6, 6.07) is 8.19. The second-order valence-corrected chi connectivity index (χ2v) is 4.14. The molecule has 0 fully saturated rings. The topological polar surface area (TPSA) is 88.5 Å². The summed E-state index contributed by atoms with van der Waals surface area (Å²) in [6.07, 6.45) is 2.52. The molecule has 6 heteroatoms. The Bertz CT molecular complexity index is 653. The number of nitrogens with zero attached hydrogens (tertiary/aromatic N) is 1. The molecule has 0 saturated carbocycles. The fraction of sp³-hybridized carbons (Fsp3) is 0.133. The van der Waals surface area contributed by atoms with E-state index in [1.807, 2.05) is 6.92 Å². The van der Waals surface area contributed by atoms with E-state index in [4.69, 9.17) is 9.84 Å². The number of carbonyl (C=O) groups excluding carboxylic acids is 1. The van der Waals surface area contributed by atoms with Gasteiger partial charge in [-0.3, -0.25) is 9.78 Å². The number of rotatable bonds is 5. The van der Waals surface area contributed by atoms with Crippen molar-refractivity contribution in [3.05, 3.63) is 53.9 Å². The number of hydrogen-bond donors (Lipinski definition) is 2. The average molecular weight is 286 g/mol. The molecule has 0 aliphatic heterocycles. The fourth-order valence-corrected chi connectivity index (χ4v) is 1.76. The minimum absolute atomic E-state index is 0.0615. The second-order valence-electron chi connectivity index (χ2n) is 4.14. The van der Waals surface area contributed by atoms with Crippen LogP contribution in [-0.2, 0) is 0 Å². The van der Waals surface area contributed by atoms with Crippen LogP contribution < -0.4 is 10.1 Å². The van der Waals surface area contributed by atoms with E-state index in [0.717, 1.165) is 6.20 Å². The van der Waals surface area contributed by atoms with Crippen molar-refractivity contribution in [2.24, 2.45) is 0 Å². The number of carboxylic acid groups (broad SMARTS) is 1. The Hall–Kier alpha value is -2.89. The van der Waals surface area contributed by atoms with Crippen molar-refractivity contribution < 1.29 is 19.4 Å². The van der Waals surface area contributed by atoms with Gasteiger partial charge in [0.05, 0.1) is 17.7 Å². The van der Waals surface area contributed by atoms with Gasteiger partial charge in [0.2, 0.25) is 0 Å². The SMILES string of the molecule is CCOc1ccc(NC(=O)c2ccncc2C(=O)O)cc1. The third-order valence-corrected chi connectivity index (χ3v) is 2.72. The molecule has 0 radical (unpaired) electrons. The van der Waals surface area contributed by atoms with E-state index in [9.17, 15) is 9.59 Å². The summed E-state index contributed by atoms with van der Waals surface area (Å²) < 4.78 is 5.30. The van der Waals surface area contributed by atoms with Crippen molar-refractivity contribution in [2.45, 2.75) is 6.92 Å². The lowest BCUT2D eigenvalue weighted by Crippen LogP contribution is -2.16. The maximum absolute atomic E-state index is 12.1. The zero-order valence-electron chi connectivity index (χ0n) is 11.4. The molecule has 6 nitrogen and oxygen atoms in total. The average Bonchev–Trinajstić information content (AvgIpc) is 2.49. The van der Waals surface area contributed by atoms with Crippen molar-refractivity contribution >= 4 is 17.6 Å². The lowest BCUT2D eigenvalue weighted by atomic mass is 10.1. The molecule has 1 aromatic heterocycles. The second kappa shape index (κ2) is 6.51. The van der Waals surface area contributed by atoms with E-state index in [1.54, 1.807) is 24.3 Å². The number of nitrogens with one attached hydrogen (secondary N) is 1. The molecule has 0 saturated heterocycles. The molecule has 21 heavy (non-hydrogen) atoms. The van der Waals surface area contributed by atoms with E-state index in [-0.39, 0.29) is 11.1 Å². The largest absolute Gasteiger partial charge is 0.494 e. The smallest absolute Gasteiger partial charge is 0.338 e. The zero-order valence-corrected chi connectivity index (χ0v) is 11.4. The number of amides is 1. The molecule has 1 heterocycles. The highest BCUT2D eigenvalue weighted by Gasteiger charge is 2.16. The minimum atomic E-state index is -1.19. The minimum Gasteiger partial charge on any atom is -0.494 e. The molecule has 0 aliphatic carbocycles. The summed E-state index contributed by atoms with van der Waals surface area (Å²) in [6.45, 7) is 2.44. The van der Waals surface area contributed by atoms with Crippen LogP contribution in [0.4, 0.5) is 5.69 Å². The highest BCUT2D eigenvalue weighted by molar-refractivity contribution is 6.10. The normalized spacial score (nSPS) is 9.95.